The van der Waals surface area contributed by atoms with Gasteiger partial charge in [-0.1, -0.05) is 20.8 Å². The van der Waals surface area contributed by atoms with E-state index in [9.17, 15) is 4.79 Å². The highest BCUT2D eigenvalue weighted by molar-refractivity contribution is 8.00. The van der Waals surface area contributed by atoms with Gasteiger partial charge in [0.25, 0.3) is 0 Å². The molecule has 2 rings (SSSR count). The van der Waals surface area contributed by atoms with E-state index in [1.165, 1.54) is 0 Å². The van der Waals surface area contributed by atoms with Gasteiger partial charge in [-0.25, -0.2) is 0 Å². The predicted molar refractivity (Wildman–Crippen MR) is 88.0 cm³/mol. The van der Waals surface area contributed by atoms with Crippen LogP contribution in [0.2, 0.25) is 0 Å². The van der Waals surface area contributed by atoms with Crippen molar-refractivity contribution >= 4 is 17.7 Å². The van der Waals surface area contributed by atoms with E-state index >= 15 is 0 Å². The fourth-order valence-corrected chi connectivity index (χ4v) is 3.37. The Morgan fingerprint density at radius 3 is 2.73 bits per heavy atom. The van der Waals surface area contributed by atoms with E-state index in [1.54, 1.807) is 18.9 Å². The highest BCUT2D eigenvalue weighted by Gasteiger charge is 2.30. The average Bonchev–Trinajstić information content (AvgIpc) is 2.93. The Balaban J connectivity index is 2.05. The number of hydrogen-bond donors (Lipinski definition) is 2. The van der Waals surface area contributed by atoms with Gasteiger partial charge in [0.1, 0.15) is 24.1 Å². The molecule has 1 heterocycles. The summed E-state index contributed by atoms with van der Waals surface area (Å²) >= 11 is 1.58. The SMILES string of the molecule is COc1ccc(OCC2NC(C(=O)O)CS2)c(C(C)(C)C)c1. The summed E-state index contributed by atoms with van der Waals surface area (Å²) in [6.07, 6.45) is 0. The van der Waals surface area contributed by atoms with E-state index in [4.69, 9.17) is 14.6 Å². The van der Waals surface area contributed by atoms with Gasteiger partial charge in [-0.2, -0.15) is 0 Å². The van der Waals surface area contributed by atoms with Crippen LogP contribution in [0.4, 0.5) is 0 Å². The summed E-state index contributed by atoms with van der Waals surface area (Å²) in [6, 6.07) is 5.29. The van der Waals surface area contributed by atoms with Crippen molar-refractivity contribution in [3.63, 3.8) is 0 Å². The lowest BCUT2D eigenvalue weighted by atomic mass is 9.86. The molecule has 2 unspecified atom stereocenters. The fourth-order valence-electron chi connectivity index (χ4n) is 2.29. The number of carboxylic acid groups (broad SMARTS) is 1. The molecule has 122 valence electrons. The summed E-state index contributed by atoms with van der Waals surface area (Å²) in [5.41, 5.74) is 1.01. The Bertz CT molecular complexity index is 541. The first-order valence-corrected chi connectivity index (χ1v) is 8.28. The Morgan fingerprint density at radius 1 is 1.45 bits per heavy atom. The van der Waals surface area contributed by atoms with Crippen LogP contribution in [-0.4, -0.2) is 42.0 Å². The maximum absolute atomic E-state index is 10.9. The summed E-state index contributed by atoms with van der Waals surface area (Å²) in [5, 5.41) is 12.0. The normalized spacial score (nSPS) is 21.6. The number of benzene rings is 1. The molecule has 1 aliphatic heterocycles. The van der Waals surface area contributed by atoms with Gasteiger partial charge in [0.05, 0.1) is 12.5 Å². The molecule has 1 aliphatic rings. The molecule has 1 aromatic carbocycles. The summed E-state index contributed by atoms with van der Waals surface area (Å²) < 4.78 is 11.2. The minimum atomic E-state index is -0.810. The van der Waals surface area contributed by atoms with Crippen LogP contribution >= 0.6 is 11.8 Å². The Hall–Kier alpha value is -1.40. The Morgan fingerprint density at radius 2 is 2.18 bits per heavy atom. The number of nitrogens with one attached hydrogen (secondary N) is 1. The second kappa shape index (κ2) is 6.79. The number of rotatable bonds is 5. The monoisotopic (exact) mass is 325 g/mol. The summed E-state index contributed by atoms with van der Waals surface area (Å²) in [6.45, 7) is 6.80. The van der Waals surface area contributed by atoms with E-state index in [1.807, 2.05) is 18.2 Å². The zero-order valence-corrected chi connectivity index (χ0v) is 14.2. The molecule has 0 bridgehead atoms. The Labute approximate surface area is 135 Å². The van der Waals surface area contributed by atoms with Crippen LogP contribution in [0.15, 0.2) is 18.2 Å². The highest BCUT2D eigenvalue weighted by atomic mass is 32.2. The van der Waals surface area contributed by atoms with Crippen LogP contribution in [0.5, 0.6) is 11.5 Å². The number of aliphatic carboxylic acids is 1. The third kappa shape index (κ3) is 4.08. The number of methoxy groups -OCH3 is 1. The third-order valence-corrected chi connectivity index (χ3v) is 4.73. The largest absolute Gasteiger partial charge is 0.497 e. The molecule has 0 spiro atoms. The molecule has 2 atom stereocenters. The molecule has 6 heteroatoms. The van der Waals surface area contributed by atoms with Crippen LogP contribution < -0.4 is 14.8 Å². The topological polar surface area (TPSA) is 67.8 Å². The maximum Gasteiger partial charge on any atom is 0.321 e. The summed E-state index contributed by atoms with van der Waals surface area (Å²) in [7, 11) is 1.65. The lowest BCUT2D eigenvalue weighted by Crippen LogP contribution is -2.38. The highest BCUT2D eigenvalue weighted by Crippen LogP contribution is 2.34. The number of ether oxygens (including phenoxy) is 2. The number of carboxylic acids is 1. The Kier molecular flexibility index (Phi) is 5.24. The second-order valence-corrected chi connectivity index (χ2v) is 7.54. The van der Waals surface area contributed by atoms with Crippen molar-refractivity contribution in [2.24, 2.45) is 0 Å². The molecule has 1 aromatic rings. The lowest BCUT2D eigenvalue weighted by molar-refractivity contribution is -0.138. The molecule has 0 aromatic heterocycles. The molecule has 0 radical (unpaired) electrons. The number of thioether (sulfide) groups is 1. The molecule has 5 nitrogen and oxygen atoms in total. The molecule has 2 N–H and O–H groups in total. The zero-order valence-electron chi connectivity index (χ0n) is 13.4. The van der Waals surface area contributed by atoms with Gasteiger partial charge >= 0.3 is 5.97 Å². The first-order valence-electron chi connectivity index (χ1n) is 7.23. The van der Waals surface area contributed by atoms with Crippen molar-refractivity contribution in [1.29, 1.82) is 0 Å². The average molecular weight is 325 g/mol. The summed E-state index contributed by atoms with van der Waals surface area (Å²) in [5.74, 6) is 1.37. The van der Waals surface area contributed by atoms with Gasteiger partial charge in [0.2, 0.25) is 0 Å². The van der Waals surface area contributed by atoms with Gasteiger partial charge < -0.3 is 14.6 Å². The number of carbonyl (C=O) groups is 1. The molecule has 0 saturated carbocycles. The molecule has 1 saturated heterocycles. The molecule has 0 aliphatic carbocycles. The minimum absolute atomic E-state index is 0.00369. The van der Waals surface area contributed by atoms with Gasteiger partial charge in [-0.3, -0.25) is 10.1 Å². The smallest absolute Gasteiger partial charge is 0.321 e. The predicted octanol–water partition coefficient (Wildman–Crippen LogP) is 2.49. The van der Waals surface area contributed by atoms with Crippen LogP contribution in [0, 0.1) is 0 Å². The van der Waals surface area contributed by atoms with Crippen molar-refractivity contribution in [3.05, 3.63) is 23.8 Å². The van der Waals surface area contributed by atoms with Crippen LogP contribution in [0.3, 0.4) is 0 Å². The second-order valence-electron chi connectivity index (χ2n) is 6.30. The van der Waals surface area contributed by atoms with E-state index < -0.39 is 12.0 Å². The van der Waals surface area contributed by atoms with Crippen molar-refractivity contribution in [2.45, 2.75) is 37.6 Å². The third-order valence-electron chi connectivity index (χ3n) is 3.53. The van der Waals surface area contributed by atoms with Crippen LogP contribution in [0.1, 0.15) is 26.3 Å². The van der Waals surface area contributed by atoms with Crippen molar-refractivity contribution < 1.29 is 19.4 Å². The van der Waals surface area contributed by atoms with Crippen LogP contribution in [0.25, 0.3) is 0 Å². The van der Waals surface area contributed by atoms with Crippen molar-refractivity contribution in [1.82, 2.24) is 5.32 Å². The molecular formula is C16H23NO4S. The minimum Gasteiger partial charge on any atom is -0.497 e. The van der Waals surface area contributed by atoms with E-state index in [0.717, 1.165) is 17.1 Å². The zero-order chi connectivity index (χ0) is 16.3. The summed E-state index contributed by atoms with van der Waals surface area (Å²) in [4.78, 5) is 10.9. The standard InChI is InChI=1S/C16H23NO4S/c1-16(2,3)11-7-10(20-4)5-6-13(11)21-8-14-17-12(9-22-14)15(18)19/h5-7,12,14,17H,8-9H2,1-4H3,(H,18,19). The number of hydrogen-bond acceptors (Lipinski definition) is 5. The van der Waals surface area contributed by atoms with Crippen molar-refractivity contribution in [2.75, 3.05) is 19.5 Å². The van der Waals surface area contributed by atoms with Gasteiger partial charge in [-0.15, -0.1) is 11.8 Å². The van der Waals surface area contributed by atoms with Crippen molar-refractivity contribution in [3.8, 4) is 11.5 Å². The van der Waals surface area contributed by atoms with Crippen LogP contribution in [-0.2, 0) is 10.2 Å². The molecular weight excluding hydrogens is 302 g/mol. The first-order chi connectivity index (χ1) is 10.3. The fraction of sp³-hybridized carbons (Fsp3) is 0.562. The molecule has 1 fully saturated rings. The van der Waals surface area contributed by atoms with Gasteiger partial charge in [0.15, 0.2) is 0 Å². The van der Waals surface area contributed by atoms with Gasteiger partial charge in [0, 0.05) is 11.3 Å². The van der Waals surface area contributed by atoms with E-state index in [2.05, 4.69) is 26.1 Å². The van der Waals surface area contributed by atoms with E-state index in [-0.39, 0.29) is 10.8 Å². The molecule has 22 heavy (non-hydrogen) atoms. The maximum atomic E-state index is 10.9. The van der Waals surface area contributed by atoms with Gasteiger partial charge in [-0.05, 0) is 23.6 Å². The first kappa shape index (κ1) is 17.0. The molecule has 0 amide bonds. The quantitative estimate of drug-likeness (QED) is 0.867. The lowest BCUT2D eigenvalue weighted by Gasteiger charge is -2.24. The van der Waals surface area contributed by atoms with E-state index in [0.29, 0.717) is 12.4 Å².